The smallest absolute Gasteiger partial charge is 0.0767 e. The van der Waals surface area contributed by atoms with Crippen LogP contribution in [0.5, 0.6) is 0 Å². The maximum absolute atomic E-state index is 4.58. The Morgan fingerprint density at radius 3 is 2.61 bits per heavy atom. The van der Waals surface area contributed by atoms with Gasteiger partial charge >= 0.3 is 0 Å². The number of nitrogens with zero attached hydrogens (tertiary/aromatic N) is 3. The van der Waals surface area contributed by atoms with Gasteiger partial charge in [0.25, 0.3) is 0 Å². The van der Waals surface area contributed by atoms with Gasteiger partial charge in [0.05, 0.1) is 15.9 Å². The van der Waals surface area contributed by atoms with Crippen molar-refractivity contribution >= 4 is 15.9 Å². The normalized spacial score (nSPS) is 15.6. The van der Waals surface area contributed by atoms with E-state index in [4.69, 9.17) is 0 Å². The molecule has 1 fully saturated rings. The summed E-state index contributed by atoms with van der Waals surface area (Å²) in [6.07, 6.45) is 6.31. The summed E-state index contributed by atoms with van der Waals surface area (Å²) in [4.78, 5) is 2.63. The third kappa shape index (κ3) is 3.15. The van der Waals surface area contributed by atoms with Crippen LogP contribution >= 0.6 is 15.9 Å². The Kier molecular flexibility index (Phi) is 4.84. The fourth-order valence-electron chi connectivity index (χ4n) is 2.38. The van der Waals surface area contributed by atoms with Gasteiger partial charge in [-0.1, -0.05) is 20.3 Å². The van der Waals surface area contributed by atoms with Crippen molar-refractivity contribution in [2.24, 2.45) is 7.05 Å². The molecule has 0 saturated heterocycles. The zero-order valence-corrected chi connectivity index (χ0v) is 13.3. The van der Waals surface area contributed by atoms with Crippen molar-refractivity contribution in [3.8, 4) is 0 Å². The topological polar surface area (TPSA) is 21.1 Å². The molecule has 0 radical (unpaired) electrons. The quantitative estimate of drug-likeness (QED) is 0.768. The molecule has 0 unspecified atom stereocenters. The molecule has 0 spiro atoms. The lowest BCUT2D eigenvalue weighted by molar-refractivity contribution is 0.244. The molecule has 18 heavy (non-hydrogen) atoms. The number of aromatic nitrogens is 2. The molecular formula is C14H24BrN3. The van der Waals surface area contributed by atoms with Crippen LogP contribution in [0.25, 0.3) is 0 Å². The molecule has 0 aromatic carbocycles. The van der Waals surface area contributed by atoms with Crippen LogP contribution in [0.1, 0.15) is 50.9 Å². The first kappa shape index (κ1) is 14.1. The second-order valence-corrected chi connectivity index (χ2v) is 6.03. The first-order valence-corrected chi connectivity index (χ1v) is 7.90. The van der Waals surface area contributed by atoms with Crippen LogP contribution in [-0.4, -0.2) is 27.3 Å². The van der Waals surface area contributed by atoms with E-state index >= 15 is 0 Å². The number of halogens is 1. The fourth-order valence-corrected chi connectivity index (χ4v) is 3.12. The lowest BCUT2D eigenvalue weighted by atomic mass is 10.2. The van der Waals surface area contributed by atoms with Crippen molar-refractivity contribution in [3.63, 3.8) is 0 Å². The number of aryl methyl sites for hydroxylation is 2. The third-order valence-electron chi connectivity index (χ3n) is 3.72. The molecule has 1 aromatic heterocycles. The van der Waals surface area contributed by atoms with Crippen LogP contribution in [0.2, 0.25) is 0 Å². The summed E-state index contributed by atoms with van der Waals surface area (Å²) in [6.45, 7) is 6.68. The first-order chi connectivity index (χ1) is 8.67. The minimum atomic E-state index is 0.823. The molecule has 0 amide bonds. The monoisotopic (exact) mass is 313 g/mol. The van der Waals surface area contributed by atoms with Gasteiger partial charge in [-0.2, -0.15) is 5.10 Å². The minimum Gasteiger partial charge on any atom is -0.295 e. The Bertz CT molecular complexity index is 396. The zero-order valence-electron chi connectivity index (χ0n) is 11.7. The second-order valence-electron chi connectivity index (χ2n) is 5.24. The van der Waals surface area contributed by atoms with E-state index in [1.54, 1.807) is 0 Å². The SMILES string of the molecule is CCCCN(Cc1c(Br)c(CC)nn1C)C1CC1. The van der Waals surface area contributed by atoms with E-state index in [0.717, 1.165) is 19.0 Å². The summed E-state index contributed by atoms with van der Waals surface area (Å²) in [7, 11) is 2.06. The molecule has 0 N–H and O–H groups in total. The molecule has 1 aliphatic rings. The summed E-state index contributed by atoms with van der Waals surface area (Å²) in [6, 6.07) is 0.823. The van der Waals surface area contributed by atoms with Gasteiger partial charge < -0.3 is 0 Å². The van der Waals surface area contributed by atoms with Crippen molar-refractivity contribution in [2.75, 3.05) is 6.54 Å². The van der Waals surface area contributed by atoms with Crippen LogP contribution in [0.15, 0.2) is 4.47 Å². The van der Waals surface area contributed by atoms with Gasteiger partial charge in [-0.05, 0) is 48.2 Å². The van der Waals surface area contributed by atoms with Crippen molar-refractivity contribution in [1.29, 1.82) is 0 Å². The van der Waals surface area contributed by atoms with Gasteiger partial charge in [0.2, 0.25) is 0 Å². The summed E-state index contributed by atoms with van der Waals surface area (Å²) in [5.74, 6) is 0. The minimum absolute atomic E-state index is 0.823. The van der Waals surface area contributed by atoms with E-state index in [9.17, 15) is 0 Å². The maximum atomic E-state index is 4.58. The van der Waals surface area contributed by atoms with E-state index in [-0.39, 0.29) is 0 Å². The van der Waals surface area contributed by atoms with E-state index in [1.807, 2.05) is 4.68 Å². The van der Waals surface area contributed by atoms with Crippen LogP contribution in [-0.2, 0) is 20.0 Å². The average molecular weight is 314 g/mol. The predicted molar refractivity (Wildman–Crippen MR) is 78.6 cm³/mol. The van der Waals surface area contributed by atoms with E-state index in [0.29, 0.717) is 0 Å². The van der Waals surface area contributed by atoms with Crippen molar-refractivity contribution in [2.45, 2.75) is 58.5 Å². The highest BCUT2D eigenvalue weighted by Crippen LogP contribution is 2.31. The molecule has 4 heteroatoms. The predicted octanol–water partition coefficient (Wildman–Crippen LogP) is 3.51. The lowest BCUT2D eigenvalue weighted by Crippen LogP contribution is -2.27. The molecule has 1 saturated carbocycles. The largest absolute Gasteiger partial charge is 0.295 e. The Morgan fingerprint density at radius 2 is 2.11 bits per heavy atom. The number of hydrogen-bond acceptors (Lipinski definition) is 2. The van der Waals surface area contributed by atoms with Crippen molar-refractivity contribution in [1.82, 2.24) is 14.7 Å². The van der Waals surface area contributed by atoms with Gasteiger partial charge in [-0.3, -0.25) is 9.58 Å². The summed E-state index contributed by atoms with van der Waals surface area (Å²) in [5, 5.41) is 4.58. The van der Waals surface area contributed by atoms with Gasteiger partial charge in [0.15, 0.2) is 0 Å². The molecule has 0 aliphatic heterocycles. The van der Waals surface area contributed by atoms with Crippen LogP contribution in [0.4, 0.5) is 0 Å². The average Bonchev–Trinajstić information content (AvgIpc) is 3.15. The second kappa shape index (κ2) is 6.20. The highest BCUT2D eigenvalue weighted by atomic mass is 79.9. The molecule has 2 rings (SSSR count). The van der Waals surface area contributed by atoms with E-state index < -0.39 is 0 Å². The summed E-state index contributed by atoms with van der Waals surface area (Å²) >= 11 is 3.72. The first-order valence-electron chi connectivity index (χ1n) is 7.11. The lowest BCUT2D eigenvalue weighted by Gasteiger charge is -2.22. The molecule has 1 aromatic rings. The molecule has 0 atom stereocenters. The molecule has 3 nitrogen and oxygen atoms in total. The van der Waals surface area contributed by atoms with Crippen LogP contribution in [0, 0.1) is 0 Å². The van der Waals surface area contributed by atoms with Crippen LogP contribution < -0.4 is 0 Å². The Morgan fingerprint density at radius 1 is 1.39 bits per heavy atom. The zero-order chi connectivity index (χ0) is 13.1. The number of unbranched alkanes of at least 4 members (excludes halogenated alkanes) is 1. The number of hydrogen-bond donors (Lipinski definition) is 0. The molecular weight excluding hydrogens is 290 g/mol. The Balaban J connectivity index is 2.08. The standard InChI is InChI=1S/C14H24BrN3/c1-4-6-9-18(11-7-8-11)10-13-14(15)12(5-2)16-17(13)3/h11H,4-10H2,1-3H3. The van der Waals surface area contributed by atoms with Crippen molar-refractivity contribution < 1.29 is 0 Å². The summed E-state index contributed by atoms with van der Waals surface area (Å²) < 4.78 is 3.26. The highest BCUT2D eigenvalue weighted by molar-refractivity contribution is 9.10. The van der Waals surface area contributed by atoms with Gasteiger partial charge in [-0.15, -0.1) is 0 Å². The van der Waals surface area contributed by atoms with Gasteiger partial charge in [0.1, 0.15) is 0 Å². The van der Waals surface area contributed by atoms with Gasteiger partial charge in [0, 0.05) is 19.6 Å². The van der Waals surface area contributed by atoms with Crippen molar-refractivity contribution in [3.05, 3.63) is 15.9 Å². The number of rotatable bonds is 7. The molecule has 102 valence electrons. The highest BCUT2D eigenvalue weighted by Gasteiger charge is 2.29. The fraction of sp³-hybridized carbons (Fsp3) is 0.786. The third-order valence-corrected chi connectivity index (χ3v) is 4.63. The molecule has 1 heterocycles. The maximum Gasteiger partial charge on any atom is 0.0767 e. The van der Waals surface area contributed by atoms with E-state index in [1.165, 1.54) is 48.1 Å². The Hall–Kier alpha value is -0.350. The summed E-state index contributed by atoms with van der Waals surface area (Å²) in [5.41, 5.74) is 2.51. The van der Waals surface area contributed by atoms with E-state index in [2.05, 4.69) is 46.8 Å². The molecule has 0 bridgehead atoms. The Labute approximate surface area is 119 Å². The molecule has 1 aliphatic carbocycles. The van der Waals surface area contributed by atoms with Crippen LogP contribution in [0.3, 0.4) is 0 Å². The van der Waals surface area contributed by atoms with Gasteiger partial charge in [-0.25, -0.2) is 0 Å².